The van der Waals surface area contributed by atoms with E-state index >= 15 is 0 Å². The van der Waals surface area contributed by atoms with Gasteiger partial charge < -0.3 is 10.8 Å². The molecule has 3 N–H and O–H groups in total. The molecule has 0 radical (unpaired) electrons. The summed E-state index contributed by atoms with van der Waals surface area (Å²) in [7, 11) is 1.00. The lowest BCUT2D eigenvalue weighted by Crippen LogP contribution is -2.11. The van der Waals surface area contributed by atoms with E-state index < -0.39 is 0 Å². The van der Waals surface area contributed by atoms with E-state index in [1.807, 2.05) is 19.1 Å². The Morgan fingerprint density at radius 1 is 1.33 bits per heavy atom. The van der Waals surface area contributed by atoms with Gasteiger partial charge in [0.1, 0.15) is 0 Å². The number of allylic oxidation sites excluding steroid dienone is 4. The molecule has 2 nitrogen and oxygen atoms in total. The lowest BCUT2D eigenvalue weighted by molar-refractivity contribution is 0.399. The molecule has 0 spiro atoms. The second kappa shape index (κ2) is 18.6. The minimum absolute atomic E-state index is 0.385. The number of aliphatic hydroxyl groups excluding tert-OH is 1. The average Bonchev–Trinajstić information content (AvgIpc) is 2.28. The van der Waals surface area contributed by atoms with Gasteiger partial charge >= 0.3 is 0 Å². The molecule has 0 aromatic heterocycles. The van der Waals surface area contributed by atoms with E-state index in [0.29, 0.717) is 12.5 Å². The van der Waals surface area contributed by atoms with Crippen molar-refractivity contribution in [3.63, 3.8) is 0 Å². The van der Waals surface area contributed by atoms with Crippen LogP contribution in [0.15, 0.2) is 49.6 Å². The van der Waals surface area contributed by atoms with Crippen molar-refractivity contribution in [1.82, 2.24) is 0 Å². The molecule has 0 saturated heterocycles. The zero-order valence-corrected chi connectivity index (χ0v) is 10.2. The maximum Gasteiger partial charge on any atom is 0.0319 e. The molecular weight excluding hydrogens is 186 g/mol. The van der Waals surface area contributed by atoms with E-state index in [9.17, 15) is 0 Å². The predicted molar refractivity (Wildman–Crippen MR) is 70.7 cm³/mol. The Hall–Kier alpha value is -1.12. The molecule has 0 aliphatic carbocycles. The van der Waals surface area contributed by atoms with Gasteiger partial charge in [0.25, 0.3) is 0 Å². The lowest BCUT2D eigenvalue weighted by atomic mass is 10.0. The molecule has 0 saturated carbocycles. The minimum Gasteiger partial charge on any atom is -0.400 e. The maximum absolute atomic E-state index is 7.00. The first-order chi connectivity index (χ1) is 7.17. The fraction of sp³-hybridized carbons (Fsp3) is 0.385. The van der Waals surface area contributed by atoms with Gasteiger partial charge in [0.05, 0.1) is 0 Å². The van der Waals surface area contributed by atoms with Crippen LogP contribution in [0, 0.1) is 5.92 Å². The van der Waals surface area contributed by atoms with Gasteiger partial charge in [-0.25, -0.2) is 0 Å². The molecule has 88 valence electrons. The van der Waals surface area contributed by atoms with Crippen molar-refractivity contribution in [2.45, 2.75) is 13.8 Å². The van der Waals surface area contributed by atoms with Crippen molar-refractivity contribution in [3.8, 4) is 0 Å². The van der Waals surface area contributed by atoms with Crippen molar-refractivity contribution < 1.29 is 5.11 Å². The number of nitrogens with two attached hydrogens (primary N) is 1. The fourth-order valence-corrected chi connectivity index (χ4v) is 0.706. The Morgan fingerprint density at radius 2 is 1.73 bits per heavy atom. The van der Waals surface area contributed by atoms with Crippen molar-refractivity contribution in [2.24, 2.45) is 11.7 Å². The van der Waals surface area contributed by atoms with Gasteiger partial charge in [-0.15, -0.1) is 6.58 Å². The van der Waals surface area contributed by atoms with Gasteiger partial charge in [-0.2, -0.15) is 0 Å². The first kappa shape index (κ1) is 19.5. The summed E-state index contributed by atoms with van der Waals surface area (Å²) in [6.45, 7) is 15.3. The zero-order chi connectivity index (χ0) is 12.7. The highest BCUT2D eigenvalue weighted by molar-refractivity contribution is 5.23. The van der Waals surface area contributed by atoms with Crippen LogP contribution in [-0.2, 0) is 0 Å². The minimum atomic E-state index is 0.385. The van der Waals surface area contributed by atoms with E-state index in [1.165, 1.54) is 0 Å². The molecule has 0 fully saturated rings. The maximum atomic E-state index is 7.00. The third-order valence-corrected chi connectivity index (χ3v) is 1.47. The highest BCUT2D eigenvalue weighted by Crippen LogP contribution is 2.09. The predicted octanol–water partition coefficient (Wildman–Crippen LogP) is 2.68. The largest absolute Gasteiger partial charge is 0.400 e. The van der Waals surface area contributed by atoms with E-state index in [-0.39, 0.29) is 0 Å². The number of hydrogen-bond donors (Lipinski definition) is 2. The third kappa shape index (κ3) is 15.6. The molecule has 0 heterocycles. The fourth-order valence-electron chi connectivity index (χ4n) is 0.706. The van der Waals surface area contributed by atoms with Crippen LogP contribution < -0.4 is 5.73 Å². The number of hydrogen-bond acceptors (Lipinski definition) is 2. The summed E-state index contributed by atoms with van der Waals surface area (Å²) in [4.78, 5) is 0. The normalized spacial score (nSPS) is 10.9. The van der Waals surface area contributed by atoms with Crippen molar-refractivity contribution in [2.75, 3.05) is 13.7 Å². The molecule has 0 aliphatic heterocycles. The first-order valence-electron chi connectivity index (χ1n) is 4.84. The van der Waals surface area contributed by atoms with Crippen LogP contribution in [0.25, 0.3) is 0 Å². The SMILES string of the molecule is C=C/C=C(\C=C)C(C)CN.C=CC.CO. The van der Waals surface area contributed by atoms with Gasteiger partial charge in [0.15, 0.2) is 0 Å². The summed E-state index contributed by atoms with van der Waals surface area (Å²) in [6.07, 6.45) is 7.26. The van der Waals surface area contributed by atoms with Crippen LogP contribution in [0.2, 0.25) is 0 Å². The monoisotopic (exact) mass is 211 g/mol. The quantitative estimate of drug-likeness (QED) is 0.555. The van der Waals surface area contributed by atoms with Gasteiger partial charge in [-0.05, 0) is 25.0 Å². The van der Waals surface area contributed by atoms with Crippen LogP contribution in [0.4, 0.5) is 0 Å². The van der Waals surface area contributed by atoms with Crippen LogP contribution in [0.5, 0.6) is 0 Å². The van der Waals surface area contributed by atoms with E-state index in [2.05, 4.69) is 26.7 Å². The van der Waals surface area contributed by atoms with Crippen LogP contribution in [-0.4, -0.2) is 18.8 Å². The number of aliphatic hydroxyl groups is 1. The van der Waals surface area contributed by atoms with E-state index in [1.54, 1.807) is 12.2 Å². The smallest absolute Gasteiger partial charge is 0.0319 e. The Labute approximate surface area is 94.5 Å². The highest BCUT2D eigenvalue weighted by Gasteiger charge is 1.99. The van der Waals surface area contributed by atoms with Crippen molar-refractivity contribution in [3.05, 3.63) is 49.6 Å². The van der Waals surface area contributed by atoms with Gasteiger partial charge in [0.2, 0.25) is 0 Å². The molecule has 0 rings (SSSR count). The summed E-state index contributed by atoms with van der Waals surface area (Å²) in [5.74, 6) is 0.385. The molecule has 0 aliphatic rings. The number of rotatable bonds is 4. The molecule has 1 atom stereocenters. The Kier molecular flexibility index (Phi) is 24.1. The highest BCUT2D eigenvalue weighted by atomic mass is 16.2. The van der Waals surface area contributed by atoms with E-state index in [4.69, 9.17) is 10.8 Å². The van der Waals surface area contributed by atoms with Crippen molar-refractivity contribution in [1.29, 1.82) is 0 Å². The van der Waals surface area contributed by atoms with Crippen LogP contribution in [0.1, 0.15) is 13.8 Å². The molecule has 0 bridgehead atoms. The van der Waals surface area contributed by atoms with E-state index in [0.717, 1.165) is 12.7 Å². The van der Waals surface area contributed by atoms with Gasteiger partial charge in [0, 0.05) is 7.11 Å². The zero-order valence-electron chi connectivity index (χ0n) is 10.2. The molecule has 0 aromatic rings. The van der Waals surface area contributed by atoms with Crippen molar-refractivity contribution >= 4 is 0 Å². The molecule has 2 heteroatoms. The Balaban J connectivity index is -0.000000245. The second-order valence-electron chi connectivity index (χ2n) is 2.65. The summed E-state index contributed by atoms with van der Waals surface area (Å²) >= 11 is 0. The topological polar surface area (TPSA) is 46.2 Å². The Morgan fingerprint density at radius 3 is 1.93 bits per heavy atom. The summed E-state index contributed by atoms with van der Waals surface area (Å²) < 4.78 is 0. The average molecular weight is 211 g/mol. The second-order valence-corrected chi connectivity index (χ2v) is 2.65. The molecule has 15 heavy (non-hydrogen) atoms. The summed E-state index contributed by atoms with van der Waals surface area (Å²) in [5.41, 5.74) is 6.61. The summed E-state index contributed by atoms with van der Waals surface area (Å²) in [5, 5.41) is 7.00. The standard InChI is InChI=1S/C9H15N.C3H6.CH4O/c1-4-6-9(5-2)8(3)7-10;1-3-2;1-2/h4-6,8H,1-2,7,10H2,3H3;3H,1H2,2H3;2H,1H3/b9-6+;;. The van der Waals surface area contributed by atoms with Gasteiger partial charge in [-0.3, -0.25) is 0 Å². The molecule has 0 amide bonds. The van der Waals surface area contributed by atoms with Gasteiger partial charge in [-0.1, -0.05) is 44.4 Å². The van der Waals surface area contributed by atoms with Crippen LogP contribution >= 0.6 is 0 Å². The third-order valence-electron chi connectivity index (χ3n) is 1.47. The molecule has 1 unspecified atom stereocenters. The lowest BCUT2D eigenvalue weighted by Gasteiger charge is -2.07. The van der Waals surface area contributed by atoms with Crippen LogP contribution in [0.3, 0.4) is 0 Å². The first-order valence-corrected chi connectivity index (χ1v) is 4.84. The molecular formula is C13H25NO. The Bertz CT molecular complexity index is 183. The summed E-state index contributed by atoms with van der Waals surface area (Å²) in [6, 6.07) is 0. The molecule has 0 aromatic carbocycles.